The number of carbonyl (C=O) groups is 1. The van der Waals surface area contributed by atoms with E-state index in [9.17, 15) is 4.79 Å². The van der Waals surface area contributed by atoms with Gasteiger partial charge in [-0.2, -0.15) is 0 Å². The van der Waals surface area contributed by atoms with Crippen LogP contribution in [0.15, 0.2) is 85.1 Å². The van der Waals surface area contributed by atoms with Crippen LogP contribution in [0.4, 0.5) is 0 Å². The minimum absolute atomic E-state index is 0.0203. The van der Waals surface area contributed by atoms with Crippen LogP contribution in [0, 0.1) is 0 Å². The van der Waals surface area contributed by atoms with Crippen molar-refractivity contribution in [3.05, 3.63) is 102 Å². The summed E-state index contributed by atoms with van der Waals surface area (Å²) < 4.78 is 5.41. The Bertz CT molecular complexity index is 1100. The molecule has 1 amide bonds. The number of amides is 1. The largest absolute Gasteiger partial charge is 0.497 e. The highest BCUT2D eigenvalue weighted by Crippen LogP contribution is 2.34. The fourth-order valence-electron chi connectivity index (χ4n) is 3.70. The Labute approximate surface area is 170 Å². The van der Waals surface area contributed by atoms with Crippen molar-refractivity contribution in [1.29, 1.82) is 0 Å². The van der Waals surface area contributed by atoms with E-state index in [4.69, 9.17) is 4.74 Å². The summed E-state index contributed by atoms with van der Waals surface area (Å²) in [5.74, 6) is 0.737. The minimum atomic E-state index is -0.0722. The van der Waals surface area contributed by atoms with Crippen LogP contribution in [-0.2, 0) is 11.3 Å². The van der Waals surface area contributed by atoms with Crippen LogP contribution in [0.2, 0.25) is 0 Å². The molecule has 0 saturated heterocycles. The van der Waals surface area contributed by atoms with Crippen LogP contribution < -0.4 is 10.1 Å². The Morgan fingerprint density at radius 1 is 1.00 bits per heavy atom. The van der Waals surface area contributed by atoms with Crippen LogP contribution in [0.3, 0.4) is 0 Å². The van der Waals surface area contributed by atoms with Gasteiger partial charge in [0, 0.05) is 36.0 Å². The highest BCUT2D eigenvalue weighted by molar-refractivity contribution is 5.86. The second kappa shape index (κ2) is 8.65. The fourth-order valence-corrected chi connectivity index (χ4v) is 3.70. The van der Waals surface area contributed by atoms with Gasteiger partial charge in [-0.3, -0.25) is 4.79 Å². The summed E-state index contributed by atoms with van der Waals surface area (Å²) in [7, 11) is 1.66. The van der Waals surface area contributed by atoms with E-state index in [0.29, 0.717) is 13.0 Å². The molecule has 3 aromatic carbocycles. The van der Waals surface area contributed by atoms with Gasteiger partial charge in [0.2, 0.25) is 5.91 Å². The zero-order chi connectivity index (χ0) is 20.1. The molecule has 4 nitrogen and oxygen atoms in total. The molecule has 0 saturated carbocycles. The number of para-hydroxylation sites is 1. The quantitative estimate of drug-likeness (QED) is 0.470. The Morgan fingerprint density at radius 3 is 2.62 bits per heavy atom. The summed E-state index contributed by atoms with van der Waals surface area (Å²) in [6.07, 6.45) is 2.38. The van der Waals surface area contributed by atoms with Crippen molar-refractivity contribution < 1.29 is 9.53 Å². The predicted molar refractivity (Wildman–Crippen MR) is 116 cm³/mol. The standard InChI is InChI=1S/C25H24N2O2/c1-29-20-11-7-10-19(14-20)22(23-17-26-24-13-6-5-12-21(23)24)15-25(28)27-16-18-8-3-2-4-9-18/h2-14,17,22,26H,15-16H2,1H3,(H,27,28). The van der Waals surface area contributed by atoms with Crippen molar-refractivity contribution in [3.63, 3.8) is 0 Å². The van der Waals surface area contributed by atoms with E-state index >= 15 is 0 Å². The smallest absolute Gasteiger partial charge is 0.221 e. The van der Waals surface area contributed by atoms with E-state index in [1.54, 1.807) is 7.11 Å². The van der Waals surface area contributed by atoms with Gasteiger partial charge in [-0.05, 0) is 34.9 Å². The normalized spacial score (nSPS) is 11.9. The lowest BCUT2D eigenvalue weighted by Gasteiger charge is -2.18. The van der Waals surface area contributed by atoms with Gasteiger partial charge >= 0.3 is 0 Å². The molecule has 0 aliphatic heterocycles. The molecule has 4 heteroatoms. The van der Waals surface area contributed by atoms with Gasteiger partial charge in [0.1, 0.15) is 5.75 Å². The second-order valence-electron chi connectivity index (χ2n) is 7.09. The average molecular weight is 384 g/mol. The number of hydrogen-bond donors (Lipinski definition) is 2. The summed E-state index contributed by atoms with van der Waals surface area (Å²) in [6.45, 7) is 0.526. The molecule has 4 aromatic rings. The lowest BCUT2D eigenvalue weighted by Crippen LogP contribution is -2.25. The molecule has 0 bridgehead atoms. The summed E-state index contributed by atoms with van der Waals surface area (Å²) in [4.78, 5) is 16.2. The van der Waals surface area contributed by atoms with Gasteiger partial charge < -0.3 is 15.0 Å². The van der Waals surface area contributed by atoms with E-state index in [1.165, 1.54) is 0 Å². The number of ether oxygens (including phenoxy) is 1. The molecule has 146 valence electrons. The molecule has 4 rings (SSSR count). The molecular weight excluding hydrogens is 360 g/mol. The number of carbonyl (C=O) groups excluding carboxylic acids is 1. The maximum Gasteiger partial charge on any atom is 0.221 e. The Morgan fingerprint density at radius 2 is 1.79 bits per heavy atom. The molecule has 1 heterocycles. The third kappa shape index (κ3) is 4.32. The molecule has 2 N–H and O–H groups in total. The van der Waals surface area contributed by atoms with E-state index in [2.05, 4.69) is 28.5 Å². The number of aromatic amines is 1. The first-order valence-corrected chi connectivity index (χ1v) is 9.75. The van der Waals surface area contributed by atoms with Gasteiger partial charge in [-0.15, -0.1) is 0 Å². The van der Waals surface area contributed by atoms with Gasteiger partial charge in [-0.1, -0.05) is 60.7 Å². The van der Waals surface area contributed by atoms with Gasteiger partial charge in [-0.25, -0.2) is 0 Å². The first-order valence-electron chi connectivity index (χ1n) is 9.75. The van der Waals surface area contributed by atoms with Crippen molar-refractivity contribution >= 4 is 16.8 Å². The average Bonchev–Trinajstić information content (AvgIpc) is 3.21. The minimum Gasteiger partial charge on any atom is -0.497 e. The van der Waals surface area contributed by atoms with Crippen LogP contribution in [0.1, 0.15) is 29.0 Å². The number of methoxy groups -OCH3 is 1. The summed E-state index contributed by atoms with van der Waals surface area (Å²) in [5.41, 5.74) is 4.33. The zero-order valence-electron chi connectivity index (χ0n) is 16.4. The number of rotatable bonds is 7. The first-order chi connectivity index (χ1) is 14.2. The SMILES string of the molecule is COc1cccc(C(CC(=O)NCc2ccccc2)c2c[nH]c3ccccc23)c1. The molecule has 0 aliphatic carbocycles. The second-order valence-corrected chi connectivity index (χ2v) is 7.09. The number of benzene rings is 3. The van der Waals surface area contributed by atoms with Crippen molar-refractivity contribution in [1.82, 2.24) is 10.3 Å². The lowest BCUT2D eigenvalue weighted by molar-refractivity contribution is -0.121. The molecule has 0 aliphatic rings. The molecule has 29 heavy (non-hydrogen) atoms. The number of fused-ring (bicyclic) bond motifs is 1. The summed E-state index contributed by atoms with van der Waals surface area (Å²) in [5, 5.41) is 4.19. The molecule has 0 radical (unpaired) electrons. The lowest BCUT2D eigenvalue weighted by atomic mass is 9.88. The molecule has 1 unspecified atom stereocenters. The molecule has 1 aromatic heterocycles. The predicted octanol–water partition coefficient (Wildman–Crippen LogP) is 5.01. The first kappa shape index (κ1) is 18.8. The van der Waals surface area contributed by atoms with E-state index < -0.39 is 0 Å². The monoisotopic (exact) mass is 384 g/mol. The molecule has 0 spiro atoms. The maximum absolute atomic E-state index is 12.8. The van der Waals surface area contributed by atoms with Crippen LogP contribution >= 0.6 is 0 Å². The topological polar surface area (TPSA) is 54.1 Å². The van der Waals surface area contributed by atoms with Crippen molar-refractivity contribution in [2.45, 2.75) is 18.9 Å². The zero-order valence-corrected chi connectivity index (χ0v) is 16.4. The highest BCUT2D eigenvalue weighted by atomic mass is 16.5. The third-order valence-corrected chi connectivity index (χ3v) is 5.21. The van der Waals surface area contributed by atoms with E-state index in [0.717, 1.165) is 33.3 Å². The van der Waals surface area contributed by atoms with E-state index in [1.807, 2.05) is 66.9 Å². The van der Waals surface area contributed by atoms with Crippen molar-refractivity contribution in [2.24, 2.45) is 0 Å². The third-order valence-electron chi connectivity index (χ3n) is 5.21. The Kier molecular flexibility index (Phi) is 5.61. The Hall–Kier alpha value is -3.53. The highest BCUT2D eigenvalue weighted by Gasteiger charge is 2.22. The number of hydrogen-bond acceptors (Lipinski definition) is 2. The molecular formula is C25H24N2O2. The summed E-state index contributed by atoms with van der Waals surface area (Å²) >= 11 is 0. The van der Waals surface area contributed by atoms with Crippen LogP contribution in [0.5, 0.6) is 5.75 Å². The molecule has 0 fully saturated rings. The number of aromatic nitrogens is 1. The van der Waals surface area contributed by atoms with Crippen LogP contribution in [0.25, 0.3) is 10.9 Å². The van der Waals surface area contributed by atoms with E-state index in [-0.39, 0.29) is 11.8 Å². The fraction of sp³-hybridized carbons (Fsp3) is 0.160. The number of nitrogens with one attached hydrogen (secondary N) is 2. The van der Waals surface area contributed by atoms with Crippen molar-refractivity contribution in [3.8, 4) is 5.75 Å². The Balaban J connectivity index is 1.62. The maximum atomic E-state index is 12.8. The van der Waals surface area contributed by atoms with Gasteiger partial charge in [0.25, 0.3) is 0 Å². The van der Waals surface area contributed by atoms with Gasteiger partial charge in [0.05, 0.1) is 7.11 Å². The van der Waals surface area contributed by atoms with Crippen molar-refractivity contribution in [2.75, 3.05) is 7.11 Å². The van der Waals surface area contributed by atoms with Gasteiger partial charge in [0.15, 0.2) is 0 Å². The number of H-pyrrole nitrogens is 1. The molecule has 1 atom stereocenters. The van der Waals surface area contributed by atoms with Crippen LogP contribution in [-0.4, -0.2) is 18.0 Å². The summed E-state index contributed by atoms with van der Waals surface area (Å²) in [6, 6.07) is 26.1.